The van der Waals surface area contributed by atoms with Gasteiger partial charge in [0.2, 0.25) is 5.95 Å². The SMILES string of the molecule is COc1ccc(Cc2ccc(F)nc2)c(F)c1-c1cccc(Cl)c1.COc1ccc(Cc2ccc(N3CCC[C@H]3C(=O)O)nc2)c(F)c1-c1cccc(Cl)c1.O=C(O)C1CCCC1.[2H][B].[CH3-].[U]. The zero-order valence-electron chi connectivity index (χ0n) is 37.7. The van der Waals surface area contributed by atoms with Gasteiger partial charge < -0.3 is 32.0 Å². The molecule has 16 heteroatoms. The fraction of sp³-hybridized carbons (Fsp3) is 0.260. The van der Waals surface area contributed by atoms with E-state index >= 15 is 8.78 Å². The smallest absolute Gasteiger partial charge is 0.326 e. The Morgan fingerprint density at radius 1 is 0.712 bits per heavy atom. The normalized spacial score (nSPS) is 14.0. The minimum absolute atomic E-state index is 0. The van der Waals surface area contributed by atoms with Gasteiger partial charge in [0.25, 0.3) is 0 Å². The second-order valence-corrected chi connectivity index (χ2v) is 16.0. The average molecular weight is 1170 g/mol. The molecule has 8 rings (SSSR count). The Balaban J connectivity index is 0.000000293. The molecule has 9 nitrogen and oxygen atoms in total. The number of hydrogen-bond donors (Lipinski definition) is 2. The van der Waals surface area contributed by atoms with Gasteiger partial charge in [0.1, 0.15) is 35.0 Å². The van der Waals surface area contributed by atoms with Crippen LogP contribution < -0.4 is 14.4 Å². The molecule has 2 fully saturated rings. The van der Waals surface area contributed by atoms with Gasteiger partial charge in [-0.1, -0.05) is 84.6 Å². The summed E-state index contributed by atoms with van der Waals surface area (Å²) >= 11 is 12.1. The van der Waals surface area contributed by atoms with E-state index in [9.17, 15) is 19.1 Å². The van der Waals surface area contributed by atoms with Crippen molar-refractivity contribution >= 4 is 49.3 Å². The number of carboxylic acid groups (broad SMARTS) is 2. The van der Waals surface area contributed by atoms with E-state index < -0.39 is 23.9 Å². The number of ether oxygens (including phenoxy) is 2. The van der Waals surface area contributed by atoms with E-state index in [1.165, 1.54) is 26.5 Å². The van der Waals surface area contributed by atoms with Crippen LogP contribution in [0.4, 0.5) is 19.0 Å². The molecule has 1 atom stereocenters. The summed E-state index contributed by atoms with van der Waals surface area (Å²) in [7, 11) is 6.75. The number of carbonyl (C=O) groups is 2. The Labute approximate surface area is 421 Å². The first kappa shape index (κ1) is 53.6. The van der Waals surface area contributed by atoms with Gasteiger partial charge in [-0.25, -0.2) is 23.5 Å². The van der Waals surface area contributed by atoms with E-state index in [0.717, 1.165) is 43.2 Å². The summed E-state index contributed by atoms with van der Waals surface area (Å²) in [4.78, 5) is 31.5. The van der Waals surface area contributed by atoms with Gasteiger partial charge in [-0.05, 0) is 109 Å². The second-order valence-electron chi connectivity index (χ2n) is 15.1. The summed E-state index contributed by atoms with van der Waals surface area (Å²) in [5.74, 6) is -1.29. The standard InChI is InChI=1S/C24H22ClFN2O3.C19H14ClF2NO.C6H10O2.CH3.BH.U/c1-31-20-9-8-17(23(26)22(20)16-4-2-5-18(25)13-16)12-15-7-10-21(27-14-15)28-11-3-6-19(28)24(29)30;1-24-16-7-6-14(9-12-5-8-17(21)23-11-12)19(22)18(16)13-3-2-4-15(20)10-13;7-6(8)5-3-1-2-4-5;;;/h2,4-5,7-10,13-14,19H,3,6,11-12H2,1H3,(H,29,30);2-8,10-11H,9H2,1H3;5H,1-4H2,(H,7,8);1H3;1H;/q;;;-1;;/t19-;;;;;/m0...../s1/i;;;;1D;. The minimum atomic E-state index is -0.836. The van der Waals surface area contributed by atoms with Gasteiger partial charge in [-0.15, -0.1) is 0 Å². The summed E-state index contributed by atoms with van der Waals surface area (Å²) in [6.07, 6.45) is 9.17. The number of carboxylic acids is 2. The molecule has 1 aliphatic heterocycles. The molecule has 1 aliphatic carbocycles. The third-order valence-corrected chi connectivity index (χ3v) is 11.4. The molecule has 2 aliphatic rings. The molecule has 0 amide bonds. The van der Waals surface area contributed by atoms with Crippen LogP contribution in [0.2, 0.25) is 10.0 Å². The van der Waals surface area contributed by atoms with Crippen LogP contribution in [-0.2, 0) is 22.4 Å². The molecule has 1 saturated heterocycles. The summed E-state index contributed by atoms with van der Waals surface area (Å²) in [5.41, 5.74) is 4.53. The van der Waals surface area contributed by atoms with Crippen LogP contribution in [0.3, 0.4) is 0 Å². The Kier molecular flexibility index (Phi) is 21.4. The minimum Gasteiger partial charge on any atom is -0.496 e. The van der Waals surface area contributed by atoms with Crippen molar-refractivity contribution in [3.8, 4) is 33.8 Å². The number of pyridine rings is 2. The van der Waals surface area contributed by atoms with E-state index in [2.05, 4.69) is 18.3 Å². The maximum Gasteiger partial charge on any atom is 0.326 e. The van der Waals surface area contributed by atoms with Crippen molar-refractivity contribution in [2.75, 3.05) is 25.7 Å². The molecule has 4 aromatic carbocycles. The van der Waals surface area contributed by atoms with Gasteiger partial charge >= 0.3 is 11.9 Å². The molecule has 2 N–H and O–H groups in total. The first-order valence-electron chi connectivity index (χ1n) is 20.9. The van der Waals surface area contributed by atoms with E-state index in [1.54, 1.807) is 96.0 Å². The second kappa shape index (κ2) is 26.4. The molecule has 6 aromatic rings. The average Bonchev–Trinajstić information content (AvgIpc) is 4.04. The number of rotatable bonds is 11. The molecule has 0 unspecified atom stereocenters. The van der Waals surface area contributed by atoms with Gasteiger partial charge in [0.05, 0.1) is 31.3 Å². The van der Waals surface area contributed by atoms with Crippen molar-refractivity contribution < 1.29 is 73.6 Å². The Hall–Kier alpha value is -4.99. The molecule has 2 radical (unpaired) electrons. The zero-order chi connectivity index (χ0) is 47.0. The van der Waals surface area contributed by atoms with Crippen molar-refractivity contribution in [2.45, 2.75) is 57.4 Å². The van der Waals surface area contributed by atoms with Crippen LogP contribution in [0.1, 0.15) is 60.8 Å². The largest absolute Gasteiger partial charge is 0.496 e. The van der Waals surface area contributed by atoms with E-state index in [-0.39, 0.29) is 56.1 Å². The van der Waals surface area contributed by atoms with Crippen LogP contribution in [0.15, 0.2) is 109 Å². The fourth-order valence-electron chi connectivity index (χ4n) is 7.75. The van der Waals surface area contributed by atoms with Crippen LogP contribution in [-0.4, -0.2) is 68.6 Å². The van der Waals surface area contributed by atoms with Gasteiger partial charge in [-0.3, -0.25) is 4.79 Å². The molecule has 344 valence electrons. The molecule has 3 heterocycles. The quantitative estimate of drug-likeness (QED) is 0.0742. The third kappa shape index (κ3) is 14.3. The van der Waals surface area contributed by atoms with Gasteiger partial charge in [0.15, 0.2) is 0 Å². The summed E-state index contributed by atoms with van der Waals surface area (Å²) < 4.78 is 59.4. The summed E-state index contributed by atoms with van der Waals surface area (Å²) in [6.45, 7) is 0.666. The van der Waals surface area contributed by atoms with Crippen molar-refractivity contribution in [1.82, 2.24) is 9.97 Å². The van der Waals surface area contributed by atoms with Crippen molar-refractivity contribution in [3.63, 3.8) is 0 Å². The Morgan fingerprint density at radius 3 is 1.61 bits per heavy atom. The fourth-order valence-corrected chi connectivity index (χ4v) is 8.14. The number of benzene rings is 4. The van der Waals surface area contributed by atoms with Gasteiger partial charge in [0, 0.05) is 81.3 Å². The number of anilines is 1. The number of halogens is 5. The number of methoxy groups -OCH3 is 2. The number of aliphatic carboxylic acids is 2. The van der Waals surface area contributed by atoms with E-state index in [4.69, 9.17) is 39.1 Å². The molecular formula is C50H50BCl2F3N3O6U-. The van der Waals surface area contributed by atoms with Crippen molar-refractivity contribution in [1.29, 1.82) is 1.34 Å². The maximum atomic E-state index is 15.5. The molecule has 66 heavy (non-hydrogen) atoms. The van der Waals surface area contributed by atoms with Crippen molar-refractivity contribution in [3.05, 3.63) is 167 Å². The summed E-state index contributed by atoms with van der Waals surface area (Å²) in [6, 6.07) is 26.7. The maximum absolute atomic E-state index is 15.5. The number of nitrogens with zero attached hydrogens (tertiary/aromatic N) is 3. The summed E-state index contributed by atoms with van der Waals surface area (Å²) in [5, 5.41) is 18.8. The predicted molar refractivity (Wildman–Crippen MR) is 252 cm³/mol. The first-order valence-corrected chi connectivity index (χ1v) is 21.1. The molecule has 1 saturated carbocycles. The van der Waals surface area contributed by atoms with Crippen LogP contribution >= 0.6 is 23.2 Å². The first-order chi connectivity index (χ1) is 31.4. The Morgan fingerprint density at radius 2 is 1.21 bits per heavy atom. The molecule has 2 aromatic heterocycles. The molecular weight excluding hydrogens is 1120 g/mol. The molecule has 0 spiro atoms. The third-order valence-electron chi connectivity index (χ3n) is 11.0. The zero-order valence-corrected chi connectivity index (χ0v) is 42.4. The van der Waals surface area contributed by atoms with E-state index in [1.807, 2.05) is 6.07 Å². The predicted octanol–water partition coefficient (Wildman–Crippen LogP) is 11.5. The topological polar surface area (TPSA) is 122 Å². The monoisotopic (exact) mass is 1170 g/mol. The van der Waals surface area contributed by atoms with Crippen LogP contribution in [0.5, 0.6) is 11.5 Å². The van der Waals surface area contributed by atoms with Crippen molar-refractivity contribution in [2.24, 2.45) is 5.92 Å². The Bertz CT molecular complexity index is 2540. The molecule has 0 bridgehead atoms. The van der Waals surface area contributed by atoms with Crippen LogP contribution in [0, 0.1) is 62.0 Å². The van der Waals surface area contributed by atoms with E-state index in [0.29, 0.717) is 86.6 Å². The van der Waals surface area contributed by atoms with Crippen LogP contribution in [0.25, 0.3) is 22.3 Å². The van der Waals surface area contributed by atoms with Gasteiger partial charge in [-0.2, -0.15) is 4.39 Å². The number of aromatic nitrogens is 2. The number of hydrogen-bond acceptors (Lipinski definition) is 7.